The molecule has 2 rings (SSSR count). The quantitative estimate of drug-likeness (QED) is 0.871. The minimum Gasteiger partial charge on any atom is -0.476 e. The standard InChI is InChI=1S/C12H12N2O3/c1-17-7-9-4-2-3-5-11(9)14-6-10(12(15)16)13-8-14/h2-6,8H,7H2,1H3,(H,15,16). The van der Waals surface area contributed by atoms with Crippen molar-refractivity contribution < 1.29 is 14.6 Å². The number of imidazole rings is 1. The molecule has 1 N–H and O–H groups in total. The van der Waals surface area contributed by atoms with Crippen LogP contribution >= 0.6 is 0 Å². The van der Waals surface area contributed by atoms with Gasteiger partial charge >= 0.3 is 5.97 Å². The second-order valence-electron chi connectivity index (χ2n) is 3.53. The Balaban J connectivity index is 2.41. The Kier molecular flexibility index (Phi) is 3.20. The second kappa shape index (κ2) is 4.80. The van der Waals surface area contributed by atoms with Gasteiger partial charge in [0.2, 0.25) is 0 Å². The van der Waals surface area contributed by atoms with E-state index in [0.29, 0.717) is 6.61 Å². The first kappa shape index (κ1) is 11.3. The van der Waals surface area contributed by atoms with Crippen LogP contribution in [0.4, 0.5) is 0 Å². The van der Waals surface area contributed by atoms with E-state index in [1.54, 1.807) is 11.7 Å². The normalized spacial score (nSPS) is 10.4. The minimum absolute atomic E-state index is 0.0252. The zero-order valence-corrected chi connectivity index (χ0v) is 9.33. The molecule has 2 aromatic rings. The second-order valence-corrected chi connectivity index (χ2v) is 3.53. The van der Waals surface area contributed by atoms with Gasteiger partial charge in [-0.3, -0.25) is 0 Å². The molecule has 5 nitrogen and oxygen atoms in total. The number of hydrogen-bond acceptors (Lipinski definition) is 3. The van der Waals surface area contributed by atoms with Gasteiger partial charge in [0.1, 0.15) is 6.33 Å². The molecule has 0 aliphatic carbocycles. The van der Waals surface area contributed by atoms with Crippen molar-refractivity contribution in [1.82, 2.24) is 9.55 Å². The molecule has 0 radical (unpaired) electrons. The fourth-order valence-corrected chi connectivity index (χ4v) is 1.61. The molecule has 0 spiro atoms. The lowest BCUT2D eigenvalue weighted by molar-refractivity contribution is 0.0691. The monoisotopic (exact) mass is 232 g/mol. The molecule has 0 aliphatic rings. The lowest BCUT2D eigenvalue weighted by atomic mass is 10.2. The van der Waals surface area contributed by atoms with E-state index in [9.17, 15) is 4.79 Å². The molecule has 88 valence electrons. The highest BCUT2D eigenvalue weighted by Gasteiger charge is 2.09. The fourth-order valence-electron chi connectivity index (χ4n) is 1.61. The van der Waals surface area contributed by atoms with Gasteiger partial charge in [-0.2, -0.15) is 0 Å². The summed E-state index contributed by atoms with van der Waals surface area (Å²) in [4.78, 5) is 14.6. The molecule has 1 heterocycles. The molecular weight excluding hydrogens is 220 g/mol. The lowest BCUT2D eigenvalue weighted by Crippen LogP contribution is -1.99. The van der Waals surface area contributed by atoms with Gasteiger partial charge in [0.05, 0.1) is 12.3 Å². The van der Waals surface area contributed by atoms with E-state index < -0.39 is 5.97 Å². The van der Waals surface area contributed by atoms with Crippen LogP contribution in [0.5, 0.6) is 0 Å². The predicted octanol–water partition coefficient (Wildman–Crippen LogP) is 1.72. The number of carbonyl (C=O) groups is 1. The minimum atomic E-state index is -1.03. The highest BCUT2D eigenvalue weighted by molar-refractivity contribution is 5.85. The third-order valence-corrected chi connectivity index (χ3v) is 2.37. The van der Waals surface area contributed by atoms with Crippen molar-refractivity contribution in [2.45, 2.75) is 6.61 Å². The number of ether oxygens (including phenoxy) is 1. The Hall–Kier alpha value is -2.14. The van der Waals surface area contributed by atoms with Crippen LogP contribution in [-0.2, 0) is 11.3 Å². The van der Waals surface area contributed by atoms with Crippen molar-refractivity contribution in [3.05, 3.63) is 48.0 Å². The van der Waals surface area contributed by atoms with E-state index in [1.807, 2.05) is 24.3 Å². The van der Waals surface area contributed by atoms with Crippen LogP contribution in [-0.4, -0.2) is 27.7 Å². The summed E-state index contributed by atoms with van der Waals surface area (Å²) in [5.74, 6) is -1.03. The Morgan fingerprint density at radius 2 is 2.24 bits per heavy atom. The van der Waals surface area contributed by atoms with E-state index in [2.05, 4.69) is 4.98 Å². The largest absolute Gasteiger partial charge is 0.476 e. The average molecular weight is 232 g/mol. The molecule has 17 heavy (non-hydrogen) atoms. The maximum absolute atomic E-state index is 10.8. The van der Waals surface area contributed by atoms with Gasteiger partial charge in [-0.1, -0.05) is 18.2 Å². The highest BCUT2D eigenvalue weighted by Crippen LogP contribution is 2.15. The van der Waals surface area contributed by atoms with Gasteiger partial charge in [0, 0.05) is 18.9 Å². The Morgan fingerprint density at radius 3 is 2.88 bits per heavy atom. The number of aromatic carboxylic acids is 1. The van der Waals surface area contributed by atoms with Crippen LogP contribution in [0, 0.1) is 0 Å². The van der Waals surface area contributed by atoms with Crippen molar-refractivity contribution in [2.24, 2.45) is 0 Å². The first-order chi connectivity index (χ1) is 8.22. The number of carboxylic acids is 1. The molecule has 0 amide bonds. The molecule has 0 bridgehead atoms. The van der Waals surface area contributed by atoms with Gasteiger partial charge in [-0.25, -0.2) is 9.78 Å². The van der Waals surface area contributed by atoms with Crippen LogP contribution in [0.25, 0.3) is 5.69 Å². The summed E-state index contributed by atoms with van der Waals surface area (Å²) in [6.45, 7) is 0.469. The van der Waals surface area contributed by atoms with Gasteiger partial charge < -0.3 is 14.4 Å². The fraction of sp³-hybridized carbons (Fsp3) is 0.167. The van der Waals surface area contributed by atoms with Crippen molar-refractivity contribution in [2.75, 3.05) is 7.11 Å². The summed E-state index contributed by atoms with van der Waals surface area (Å²) < 4.78 is 6.77. The molecule has 0 fully saturated rings. The van der Waals surface area contributed by atoms with Crippen LogP contribution in [0.15, 0.2) is 36.8 Å². The SMILES string of the molecule is COCc1ccccc1-n1cnc(C(=O)O)c1. The third kappa shape index (κ3) is 2.34. The molecule has 1 aromatic heterocycles. The summed E-state index contributed by atoms with van der Waals surface area (Å²) in [5, 5.41) is 8.82. The molecule has 0 aliphatic heterocycles. The predicted molar refractivity (Wildman–Crippen MR) is 61.2 cm³/mol. The van der Waals surface area contributed by atoms with E-state index in [-0.39, 0.29) is 5.69 Å². The smallest absolute Gasteiger partial charge is 0.356 e. The van der Waals surface area contributed by atoms with Crippen molar-refractivity contribution in [3.63, 3.8) is 0 Å². The van der Waals surface area contributed by atoms with E-state index in [1.165, 1.54) is 12.5 Å². The van der Waals surface area contributed by atoms with Crippen LogP contribution < -0.4 is 0 Å². The first-order valence-electron chi connectivity index (χ1n) is 5.07. The molecule has 0 saturated carbocycles. The number of aromatic nitrogens is 2. The summed E-state index contributed by atoms with van der Waals surface area (Å²) in [6.07, 6.45) is 2.97. The number of carboxylic acid groups (broad SMARTS) is 1. The van der Waals surface area contributed by atoms with E-state index in [4.69, 9.17) is 9.84 Å². The van der Waals surface area contributed by atoms with Gasteiger partial charge in [0.25, 0.3) is 0 Å². The zero-order valence-electron chi connectivity index (χ0n) is 9.33. The summed E-state index contributed by atoms with van der Waals surface area (Å²) in [7, 11) is 1.62. The molecule has 1 aromatic carbocycles. The summed E-state index contributed by atoms with van der Waals surface area (Å²) in [6, 6.07) is 7.61. The van der Waals surface area contributed by atoms with Gasteiger partial charge in [-0.15, -0.1) is 0 Å². The van der Waals surface area contributed by atoms with E-state index in [0.717, 1.165) is 11.3 Å². The number of para-hydroxylation sites is 1. The number of rotatable bonds is 4. The Morgan fingerprint density at radius 1 is 1.47 bits per heavy atom. The maximum Gasteiger partial charge on any atom is 0.356 e. The molecule has 0 saturated heterocycles. The van der Waals surface area contributed by atoms with Gasteiger partial charge in [0.15, 0.2) is 5.69 Å². The van der Waals surface area contributed by atoms with Crippen LogP contribution in [0.3, 0.4) is 0 Å². The van der Waals surface area contributed by atoms with Crippen LogP contribution in [0.2, 0.25) is 0 Å². The van der Waals surface area contributed by atoms with Gasteiger partial charge in [-0.05, 0) is 6.07 Å². The summed E-state index contributed by atoms with van der Waals surface area (Å²) in [5.41, 5.74) is 1.87. The van der Waals surface area contributed by atoms with E-state index >= 15 is 0 Å². The Labute approximate surface area is 98.3 Å². The molecule has 0 unspecified atom stereocenters. The van der Waals surface area contributed by atoms with Crippen molar-refractivity contribution in [1.29, 1.82) is 0 Å². The van der Waals surface area contributed by atoms with Crippen molar-refractivity contribution >= 4 is 5.97 Å². The average Bonchev–Trinajstić information content (AvgIpc) is 2.79. The van der Waals surface area contributed by atoms with Crippen LogP contribution in [0.1, 0.15) is 16.1 Å². The topological polar surface area (TPSA) is 64.4 Å². The number of benzene rings is 1. The lowest BCUT2D eigenvalue weighted by Gasteiger charge is -2.08. The molecular formula is C12H12N2O3. The number of nitrogens with zero attached hydrogens (tertiary/aromatic N) is 2. The molecule has 0 atom stereocenters. The Bertz CT molecular complexity index is 534. The third-order valence-electron chi connectivity index (χ3n) is 2.37. The number of hydrogen-bond donors (Lipinski definition) is 1. The summed E-state index contributed by atoms with van der Waals surface area (Å²) >= 11 is 0. The zero-order chi connectivity index (χ0) is 12.3. The van der Waals surface area contributed by atoms with Crippen molar-refractivity contribution in [3.8, 4) is 5.69 Å². The maximum atomic E-state index is 10.8. The highest BCUT2D eigenvalue weighted by atomic mass is 16.5. The first-order valence-corrected chi connectivity index (χ1v) is 5.07. The number of methoxy groups -OCH3 is 1. The molecule has 5 heteroatoms.